The van der Waals surface area contributed by atoms with Gasteiger partial charge in [-0.25, -0.2) is 9.67 Å². The fraction of sp³-hybridized carbons (Fsp3) is 0.105. The molecule has 4 aromatic rings. The number of hydrogen-bond acceptors (Lipinski definition) is 7. The highest BCUT2D eigenvalue weighted by Crippen LogP contribution is 2.36. The first kappa shape index (κ1) is 21.7. The lowest BCUT2D eigenvalue weighted by Crippen LogP contribution is -2.18. The molecule has 3 aromatic heterocycles. The molecule has 12 heteroatoms. The third-order valence-corrected chi connectivity index (χ3v) is 5.96. The molecule has 0 unspecified atom stereocenters. The summed E-state index contributed by atoms with van der Waals surface area (Å²) in [5.41, 5.74) is 8.36. The Labute approximate surface area is 199 Å². The molecule has 0 radical (unpaired) electrons. The second-order valence-electron chi connectivity index (χ2n) is 6.49. The fourth-order valence-electron chi connectivity index (χ4n) is 3.00. The van der Waals surface area contributed by atoms with Crippen molar-refractivity contribution in [3.8, 4) is 16.4 Å². The van der Waals surface area contributed by atoms with Gasteiger partial charge >= 0.3 is 0 Å². The normalized spacial score (nSPS) is 11.0. The summed E-state index contributed by atoms with van der Waals surface area (Å²) < 4.78 is 2.09. The van der Waals surface area contributed by atoms with Crippen molar-refractivity contribution in [3.05, 3.63) is 62.4 Å². The van der Waals surface area contributed by atoms with Gasteiger partial charge in [0.15, 0.2) is 10.8 Å². The lowest BCUT2D eigenvalue weighted by Gasteiger charge is -2.14. The van der Waals surface area contributed by atoms with Crippen LogP contribution in [0.5, 0.6) is 0 Å². The number of halogens is 3. The van der Waals surface area contributed by atoms with Gasteiger partial charge in [0.25, 0.3) is 0 Å². The highest BCUT2D eigenvalue weighted by atomic mass is 79.9. The minimum atomic E-state index is -0.259. The summed E-state index contributed by atoms with van der Waals surface area (Å²) in [6.07, 6.45) is 1.64. The van der Waals surface area contributed by atoms with Crippen molar-refractivity contribution < 1.29 is 4.79 Å². The average molecular weight is 539 g/mol. The molecule has 0 saturated heterocycles. The Balaban J connectivity index is 1.65. The molecular formula is C19H14BrCl2N7OS. The van der Waals surface area contributed by atoms with Crippen molar-refractivity contribution in [2.45, 2.75) is 13.3 Å². The molecular weight excluding hydrogens is 525 g/mol. The number of amides is 1. The minimum Gasteiger partial charge on any atom is -0.374 e. The van der Waals surface area contributed by atoms with Gasteiger partial charge in [-0.05, 0) is 58.7 Å². The molecule has 1 amide bonds. The van der Waals surface area contributed by atoms with E-state index >= 15 is 0 Å². The average Bonchev–Trinajstić information content (AvgIpc) is 3.29. The fourth-order valence-corrected chi connectivity index (χ4v) is 4.53. The lowest BCUT2D eigenvalue weighted by atomic mass is 10.1. The molecule has 8 nitrogen and oxygen atoms in total. The van der Waals surface area contributed by atoms with E-state index in [1.165, 1.54) is 16.0 Å². The standard InChI is InChI=1S/C19H14BrCl2N7OS/c1-9-5-10(21)6-12(18-26-27-19(23)31-18)16(9)25-15(30)8-11-7-14(20)28-29(11)17-13(22)3-2-4-24-17/h2-7H,8H2,1H3,(H2,23,27)(H,25,30). The number of aryl methyl sites for hydroxylation is 1. The number of rotatable bonds is 5. The van der Waals surface area contributed by atoms with E-state index < -0.39 is 0 Å². The first-order valence-electron chi connectivity index (χ1n) is 8.86. The summed E-state index contributed by atoms with van der Waals surface area (Å²) in [6, 6.07) is 8.66. The molecule has 0 saturated carbocycles. The predicted molar refractivity (Wildman–Crippen MR) is 126 cm³/mol. The topological polar surface area (TPSA) is 112 Å². The van der Waals surface area contributed by atoms with Gasteiger partial charge in [0, 0.05) is 16.8 Å². The number of nitrogens with one attached hydrogen (secondary N) is 1. The minimum absolute atomic E-state index is 0.0330. The number of nitrogens with zero attached hydrogens (tertiary/aromatic N) is 5. The smallest absolute Gasteiger partial charge is 0.230 e. The Kier molecular flexibility index (Phi) is 6.24. The maximum absolute atomic E-state index is 13.0. The van der Waals surface area contributed by atoms with Gasteiger partial charge in [-0.3, -0.25) is 4.79 Å². The van der Waals surface area contributed by atoms with E-state index in [0.717, 1.165) is 5.56 Å². The number of nitrogens with two attached hydrogens (primary N) is 1. The molecule has 0 fully saturated rings. The quantitative estimate of drug-likeness (QED) is 0.372. The number of carbonyl (C=O) groups is 1. The maximum atomic E-state index is 13.0. The third kappa shape index (κ3) is 4.72. The zero-order valence-electron chi connectivity index (χ0n) is 15.9. The molecule has 0 bridgehead atoms. The molecule has 1 aromatic carbocycles. The summed E-state index contributed by atoms with van der Waals surface area (Å²) in [4.78, 5) is 17.2. The molecule has 0 aliphatic carbocycles. The van der Waals surface area contributed by atoms with Crippen LogP contribution in [0.15, 0.2) is 41.1 Å². The second kappa shape index (κ2) is 8.91. The first-order valence-corrected chi connectivity index (χ1v) is 11.2. The first-order chi connectivity index (χ1) is 14.8. The second-order valence-corrected chi connectivity index (χ2v) is 9.16. The summed E-state index contributed by atoms with van der Waals surface area (Å²) in [5, 5.41) is 17.1. The molecule has 0 aliphatic heterocycles. The predicted octanol–water partition coefficient (Wildman–Crippen LogP) is 4.93. The summed E-state index contributed by atoms with van der Waals surface area (Å²) in [5.74, 6) is 0.176. The van der Waals surface area contributed by atoms with Crippen LogP contribution in [0.3, 0.4) is 0 Å². The van der Waals surface area contributed by atoms with Crippen LogP contribution < -0.4 is 11.1 Å². The molecule has 158 valence electrons. The monoisotopic (exact) mass is 537 g/mol. The summed E-state index contributed by atoms with van der Waals surface area (Å²) in [6.45, 7) is 1.85. The number of carbonyl (C=O) groups excluding carboxylic acids is 1. The zero-order valence-corrected chi connectivity index (χ0v) is 19.8. The van der Waals surface area contributed by atoms with Crippen molar-refractivity contribution in [2.24, 2.45) is 0 Å². The van der Waals surface area contributed by atoms with E-state index in [9.17, 15) is 4.79 Å². The molecule has 0 atom stereocenters. The van der Waals surface area contributed by atoms with Crippen molar-refractivity contribution in [1.82, 2.24) is 25.0 Å². The number of anilines is 2. The third-order valence-electron chi connectivity index (χ3n) is 4.27. The van der Waals surface area contributed by atoms with E-state index in [4.69, 9.17) is 28.9 Å². The van der Waals surface area contributed by atoms with Gasteiger partial charge in [0.1, 0.15) is 4.60 Å². The van der Waals surface area contributed by atoms with Crippen molar-refractivity contribution in [1.29, 1.82) is 0 Å². The Hall–Kier alpha value is -2.53. The Morgan fingerprint density at radius 3 is 2.81 bits per heavy atom. The van der Waals surface area contributed by atoms with Crippen molar-refractivity contribution in [2.75, 3.05) is 11.1 Å². The summed E-state index contributed by atoms with van der Waals surface area (Å²) >= 11 is 17.0. The van der Waals surface area contributed by atoms with E-state index in [2.05, 4.69) is 41.5 Å². The molecule has 0 spiro atoms. The van der Waals surface area contributed by atoms with Crippen molar-refractivity contribution >= 4 is 67.2 Å². The van der Waals surface area contributed by atoms with Gasteiger partial charge < -0.3 is 11.1 Å². The van der Waals surface area contributed by atoms with E-state index in [0.29, 0.717) is 47.6 Å². The molecule has 4 rings (SSSR count). The van der Waals surface area contributed by atoms with Crippen LogP contribution in [0.25, 0.3) is 16.4 Å². The van der Waals surface area contributed by atoms with Gasteiger partial charge in [-0.1, -0.05) is 34.5 Å². The van der Waals surface area contributed by atoms with Gasteiger partial charge in [0.05, 0.1) is 22.8 Å². The number of nitrogen functional groups attached to an aromatic ring is 1. The molecule has 0 aliphatic rings. The Bertz CT molecular complexity index is 1290. The lowest BCUT2D eigenvalue weighted by molar-refractivity contribution is -0.115. The number of pyridine rings is 1. The molecule has 31 heavy (non-hydrogen) atoms. The van der Waals surface area contributed by atoms with Crippen LogP contribution in [0.4, 0.5) is 10.8 Å². The highest BCUT2D eigenvalue weighted by molar-refractivity contribution is 9.10. The van der Waals surface area contributed by atoms with Crippen LogP contribution in [-0.2, 0) is 11.2 Å². The highest BCUT2D eigenvalue weighted by Gasteiger charge is 2.19. The number of hydrogen-bond donors (Lipinski definition) is 2. The largest absolute Gasteiger partial charge is 0.374 e. The van der Waals surface area contributed by atoms with Gasteiger partial charge in [0.2, 0.25) is 11.0 Å². The molecule has 3 heterocycles. The van der Waals surface area contributed by atoms with Crippen LogP contribution in [0.1, 0.15) is 11.3 Å². The zero-order chi connectivity index (χ0) is 22.1. The van der Waals surface area contributed by atoms with E-state index in [1.54, 1.807) is 36.5 Å². The van der Waals surface area contributed by atoms with E-state index in [-0.39, 0.29) is 12.3 Å². The van der Waals surface area contributed by atoms with E-state index in [1.807, 2.05) is 6.92 Å². The van der Waals surface area contributed by atoms with Crippen LogP contribution in [-0.4, -0.2) is 30.9 Å². The summed E-state index contributed by atoms with van der Waals surface area (Å²) in [7, 11) is 0. The van der Waals surface area contributed by atoms with Crippen LogP contribution in [0, 0.1) is 6.92 Å². The maximum Gasteiger partial charge on any atom is 0.230 e. The number of aromatic nitrogens is 5. The van der Waals surface area contributed by atoms with Crippen LogP contribution in [0.2, 0.25) is 10.0 Å². The van der Waals surface area contributed by atoms with Crippen molar-refractivity contribution in [3.63, 3.8) is 0 Å². The molecule has 3 N–H and O–H groups in total. The van der Waals surface area contributed by atoms with Gasteiger partial charge in [-0.2, -0.15) is 5.10 Å². The van der Waals surface area contributed by atoms with Gasteiger partial charge in [-0.15, -0.1) is 10.2 Å². The number of benzene rings is 1. The Morgan fingerprint density at radius 1 is 1.29 bits per heavy atom. The van der Waals surface area contributed by atoms with Crippen LogP contribution >= 0.6 is 50.5 Å². The SMILES string of the molecule is Cc1cc(Cl)cc(-c2nnc(N)s2)c1NC(=O)Cc1cc(Br)nn1-c1ncccc1Cl. The Morgan fingerprint density at radius 2 is 2.10 bits per heavy atom.